The van der Waals surface area contributed by atoms with Crippen LogP contribution in [-0.4, -0.2) is 16.8 Å². The van der Waals surface area contributed by atoms with Gasteiger partial charge in [-0.3, -0.25) is 9.59 Å². The predicted octanol–water partition coefficient (Wildman–Crippen LogP) is 1.84. The first-order valence-corrected chi connectivity index (χ1v) is 7.58. The highest BCUT2D eigenvalue weighted by molar-refractivity contribution is 7.14. The molecule has 96 valence electrons. The molecule has 4 aliphatic rings. The smallest absolute Gasteiger partial charge is 0.240 e. The summed E-state index contributed by atoms with van der Waals surface area (Å²) in [5.41, 5.74) is 0.273. The fourth-order valence-electron chi connectivity index (χ4n) is 4.59. The Kier molecular flexibility index (Phi) is 1.62. The summed E-state index contributed by atoms with van der Waals surface area (Å²) in [4.78, 5) is 30.7. The third-order valence-corrected chi connectivity index (χ3v) is 6.22. The first-order chi connectivity index (χ1) is 9.24. The minimum atomic E-state index is -0.117. The molecular formula is C14H12N2O2S. The number of aromatic nitrogens is 1. The van der Waals surface area contributed by atoms with Gasteiger partial charge in [-0.2, -0.15) is 0 Å². The Balaban J connectivity index is 1.62. The van der Waals surface area contributed by atoms with Gasteiger partial charge in [0.25, 0.3) is 0 Å². The van der Waals surface area contributed by atoms with Gasteiger partial charge in [-0.1, -0.05) is 12.2 Å². The van der Waals surface area contributed by atoms with Crippen LogP contribution in [0.25, 0.3) is 0 Å². The second-order valence-corrected chi connectivity index (χ2v) is 6.92. The van der Waals surface area contributed by atoms with Crippen LogP contribution in [0.15, 0.2) is 23.7 Å². The number of hydrogen-bond donors (Lipinski definition) is 0. The lowest BCUT2D eigenvalue weighted by atomic mass is 9.85. The highest BCUT2D eigenvalue weighted by atomic mass is 32.1. The van der Waals surface area contributed by atoms with Gasteiger partial charge < -0.3 is 0 Å². The fraction of sp³-hybridized carbons (Fsp3) is 0.500. The molecule has 0 unspecified atom stereocenters. The summed E-state index contributed by atoms with van der Waals surface area (Å²) in [6.45, 7) is 0. The van der Waals surface area contributed by atoms with E-state index < -0.39 is 0 Å². The molecule has 5 heteroatoms. The second-order valence-electron chi connectivity index (χ2n) is 6.05. The van der Waals surface area contributed by atoms with E-state index in [-0.39, 0.29) is 29.1 Å². The normalized spacial score (nSPS) is 40.5. The van der Waals surface area contributed by atoms with E-state index in [4.69, 9.17) is 0 Å². The van der Waals surface area contributed by atoms with Crippen LogP contribution in [-0.2, 0) is 9.59 Å². The predicted molar refractivity (Wildman–Crippen MR) is 69.4 cm³/mol. The molecule has 5 rings (SSSR count). The molecular weight excluding hydrogens is 260 g/mol. The van der Waals surface area contributed by atoms with Gasteiger partial charge in [0, 0.05) is 11.6 Å². The third-order valence-electron chi connectivity index (χ3n) is 5.46. The molecule has 4 atom stereocenters. The SMILES string of the molecule is O=C1[C@@H]2[C@H](C(=O)N1c1nccs1)[C@@H]1C=C[C@@H]2C12CC2. The van der Waals surface area contributed by atoms with Gasteiger partial charge in [-0.05, 0) is 30.1 Å². The average molecular weight is 272 g/mol. The molecule has 4 nitrogen and oxygen atoms in total. The Labute approximate surface area is 114 Å². The summed E-state index contributed by atoms with van der Waals surface area (Å²) in [7, 11) is 0. The number of hydrogen-bond acceptors (Lipinski definition) is 4. The number of fused-ring (bicyclic) bond motifs is 3. The maximum absolute atomic E-state index is 12.6. The molecule has 2 heterocycles. The van der Waals surface area contributed by atoms with E-state index >= 15 is 0 Å². The molecule has 1 saturated heterocycles. The molecule has 0 aromatic carbocycles. The number of rotatable bonds is 1. The molecule has 3 fully saturated rings. The summed E-state index contributed by atoms with van der Waals surface area (Å²) < 4.78 is 0. The van der Waals surface area contributed by atoms with Gasteiger partial charge in [0.1, 0.15) is 0 Å². The van der Waals surface area contributed by atoms with E-state index in [2.05, 4.69) is 17.1 Å². The Morgan fingerprint density at radius 1 is 1.16 bits per heavy atom. The number of thiazole rings is 1. The van der Waals surface area contributed by atoms with Crippen molar-refractivity contribution in [2.24, 2.45) is 29.1 Å². The molecule has 1 spiro atoms. The molecule has 2 bridgehead atoms. The Morgan fingerprint density at radius 2 is 1.79 bits per heavy atom. The first kappa shape index (κ1) is 10.3. The van der Waals surface area contributed by atoms with Gasteiger partial charge in [0.05, 0.1) is 11.8 Å². The van der Waals surface area contributed by atoms with Gasteiger partial charge in [0.2, 0.25) is 11.8 Å². The van der Waals surface area contributed by atoms with Gasteiger partial charge in [-0.25, -0.2) is 9.88 Å². The number of carbonyl (C=O) groups excluding carboxylic acids is 2. The van der Waals surface area contributed by atoms with Crippen molar-refractivity contribution in [2.45, 2.75) is 12.8 Å². The van der Waals surface area contributed by atoms with E-state index in [1.807, 2.05) is 0 Å². The zero-order valence-electron chi connectivity index (χ0n) is 10.2. The van der Waals surface area contributed by atoms with Crippen LogP contribution >= 0.6 is 11.3 Å². The van der Waals surface area contributed by atoms with Crippen molar-refractivity contribution in [3.63, 3.8) is 0 Å². The summed E-state index contributed by atoms with van der Waals surface area (Å²) >= 11 is 1.36. The van der Waals surface area contributed by atoms with Crippen molar-refractivity contribution >= 4 is 28.3 Å². The average Bonchev–Trinajstić information content (AvgIpc) is 2.70. The lowest BCUT2D eigenvalue weighted by molar-refractivity contribution is -0.123. The van der Waals surface area contributed by atoms with Crippen molar-refractivity contribution in [3.05, 3.63) is 23.7 Å². The second kappa shape index (κ2) is 2.98. The van der Waals surface area contributed by atoms with Crippen molar-refractivity contribution in [1.29, 1.82) is 0 Å². The van der Waals surface area contributed by atoms with Crippen molar-refractivity contribution in [1.82, 2.24) is 4.98 Å². The lowest BCUT2D eigenvalue weighted by Gasteiger charge is -2.19. The number of nitrogens with zero attached hydrogens (tertiary/aromatic N) is 2. The molecule has 19 heavy (non-hydrogen) atoms. The molecule has 1 aliphatic heterocycles. The highest BCUT2D eigenvalue weighted by Crippen LogP contribution is 2.73. The topological polar surface area (TPSA) is 50.3 Å². The minimum Gasteiger partial charge on any atom is -0.274 e. The Bertz CT molecular complexity index is 598. The van der Waals surface area contributed by atoms with Crippen molar-refractivity contribution < 1.29 is 9.59 Å². The quantitative estimate of drug-likeness (QED) is 0.579. The van der Waals surface area contributed by atoms with E-state index in [1.165, 1.54) is 29.1 Å². The summed E-state index contributed by atoms with van der Waals surface area (Å²) in [6, 6.07) is 0. The Morgan fingerprint density at radius 3 is 2.26 bits per heavy atom. The van der Waals surface area contributed by atoms with Gasteiger partial charge in [0.15, 0.2) is 5.13 Å². The molecule has 3 aliphatic carbocycles. The number of anilines is 1. The lowest BCUT2D eigenvalue weighted by Crippen LogP contribution is -2.34. The molecule has 0 N–H and O–H groups in total. The van der Waals surface area contributed by atoms with Crippen LogP contribution in [0.2, 0.25) is 0 Å². The number of amides is 2. The van der Waals surface area contributed by atoms with Gasteiger partial charge in [-0.15, -0.1) is 11.3 Å². The maximum atomic E-state index is 12.6. The van der Waals surface area contributed by atoms with E-state index in [9.17, 15) is 9.59 Å². The number of allylic oxidation sites excluding steroid dienone is 2. The van der Waals surface area contributed by atoms with Crippen LogP contribution in [0.5, 0.6) is 0 Å². The largest absolute Gasteiger partial charge is 0.274 e. The molecule has 1 aromatic rings. The number of imide groups is 1. The van der Waals surface area contributed by atoms with Gasteiger partial charge >= 0.3 is 0 Å². The van der Waals surface area contributed by atoms with E-state index in [1.54, 1.807) is 11.6 Å². The third kappa shape index (κ3) is 0.982. The fourth-order valence-corrected chi connectivity index (χ4v) is 5.24. The monoisotopic (exact) mass is 272 g/mol. The molecule has 0 radical (unpaired) electrons. The van der Waals surface area contributed by atoms with E-state index in [0.717, 1.165) is 0 Å². The van der Waals surface area contributed by atoms with Crippen LogP contribution in [0.3, 0.4) is 0 Å². The molecule has 2 saturated carbocycles. The standard InChI is InChI=1S/C14H12N2O2S/c17-11-9-7-1-2-8(14(7)3-4-14)10(9)12(18)16(11)13-15-5-6-19-13/h1-2,5-10H,3-4H2/t7-,8-,9-,10+/m0/s1. The minimum absolute atomic E-state index is 0.0203. The van der Waals surface area contributed by atoms with Crippen LogP contribution in [0.4, 0.5) is 5.13 Å². The van der Waals surface area contributed by atoms with Crippen LogP contribution in [0.1, 0.15) is 12.8 Å². The highest BCUT2D eigenvalue weighted by Gasteiger charge is 2.73. The first-order valence-electron chi connectivity index (χ1n) is 6.70. The maximum Gasteiger partial charge on any atom is 0.240 e. The zero-order chi connectivity index (χ0) is 12.8. The van der Waals surface area contributed by atoms with Crippen LogP contribution in [0, 0.1) is 29.1 Å². The summed E-state index contributed by atoms with van der Waals surface area (Å²) in [5.74, 6) is 0.316. The number of carbonyl (C=O) groups is 2. The molecule has 2 amide bonds. The Hall–Kier alpha value is -1.49. The van der Waals surface area contributed by atoms with Crippen molar-refractivity contribution in [2.75, 3.05) is 4.90 Å². The summed E-state index contributed by atoms with van der Waals surface area (Å²) in [5, 5.41) is 2.34. The molecule has 1 aromatic heterocycles. The zero-order valence-corrected chi connectivity index (χ0v) is 11.0. The van der Waals surface area contributed by atoms with Crippen LogP contribution < -0.4 is 4.90 Å². The van der Waals surface area contributed by atoms with E-state index in [0.29, 0.717) is 17.0 Å². The van der Waals surface area contributed by atoms with Crippen molar-refractivity contribution in [3.8, 4) is 0 Å². The summed E-state index contributed by atoms with van der Waals surface area (Å²) in [6.07, 6.45) is 8.38.